The van der Waals surface area contributed by atoms with Gasteiger partial charge in [-0.1, -0.05) is 24.3 Å². The van der Waals surface area contributed by atoms with E-state index in [0.29, 0.717) is 10.8 Å². The van der Waals surface area contributed by atoms with E-state index in [4.69, 9.17) is 0 Å². The van der Waals surface area contributed by atoms with Crippen LogP contribution in [0.25, 0.3) is 10.9 Å². The number of hydrogen-bond donors (Lipinski definition) is 1. The van der Waals surface area contributed by atoms with Gasteiger partial charge in [-0.15, -0.1) is 13.2 Å². The first-order valence-electron chi connectivity index (χ1n) is 10.3. The molecule has 2 aromatic carbocycles. The number of para-hydroxylation sites is 2. The van der Waals surface area contributed by atoms with Crippen LogP contribution in [-0.2, 0) is 0 Å². The highest BCUT2D eigenvalue weighted by atomic mass is 32.2. The van der Waals surface area contributed by atoms with E-state index in [0.717, 1.165) is 42.7 Å². The molecule has 1 fully saturated rings. The molecule has 0 spiro atoms. The molecule has 1 saturated heterocycles. The number of anilines is 2. The molecule has 1 aliphatic rings. The van der Waals surface area contributed by atoms with Crippen molar-refractivity contribution in [1.29, 1.82) is 0 Å². The molecule has 0 saturated carbocycles. The summed E-state index contributed by atoms with van der Waals surface area (Å²) in [6.07, 6.45) is -3.07. The van der Waals surface area contributed by atoms with Crippen molar-refractivity contribution in [2.24, 2.45) is 0 Å². The highest BCUT2D eigenvalue weighted by Gasteiger charge is 2.32. The molecule has 6 nitrogen and oxygen atoms in total. The van der Waals surface area contributed by atoms with Crippen molar-refractivity contribution < 1.29 is 17.9 Å². The summed E-state index contributed by atoms with van der Waals surface area (Å²) < 4.78 is 44.2. The van der Waals surface area contributed by atoms with Gasteiger partial charge in [0, 0.05) is 38.6 Å². The Balaban J connectivity index is 1.39. The minimum absolute atomic E-state index is 0.175. The van der Waals surface area contributed by atoms with Gasteiger partial charge in [0.25, 0.3) is 0 Å². The smallest absolute Gasteiger partial charge is 0.405 e. The fourth-order valence-electron chi connectivity index (χ4n) is 3.61. The van der Waals surface area contributed by atoms with Gasteiger partial charge < -0.3 is 15.0 Å². The van der Waals surface area contributed by atoms with Gasteiger partial charge in [-0.2, -0.15) is 4.98 Å². The zero-order valence-electron chi connectivity index (χ0n) is 17.8. The zero-order valence-corrected chi connectivity index (χ0v) is 18.6. The van der Waals surface area contributed by atoms with E-state index in [2.05, 4.69) is 24.3 Å². The van der Waals surface area contributed by atoms with Crippen LogP contribution in [0.3, 0.4) is 0 Å². The molecule has 2 heterocycles. The summed E-state index contributed by atoms with van der Waals surface area (Å²) in [7, 11) is 3.91. The Morgan fingerprint density at radius 1 is 1.03 bits per heavy atom. The van der Waals surface area contributed by atoms with E-state index in [1.54, 1.807) is 12.1 Å². The van der Waals surface area contributed by atoms with E-state index in [1.807, 2.05) is 43.3 Å². The summed E-state index contributed by atoms with van der Waals surface area (Å²) in [6, 6.07) is 14.3. The second-order valence-electron chi connectivity index (χ2n) is 7.72. The van der Waals surface area contributed by atoms with Crippen molar-refractivity contribution in [1.82, 2.24) is 14.3 Å². The highest BCUT2D eigenvalue weighted by molar-refractivity contribution is 7.97. The second-order valence-corrected chi connectivity index (χ2v) is 8.85. The van der Waals surface area contributed by atoms with Crippen LogP contribution in [0.1, 0.15) is 12.8 Å². The molecule has 1 aromatic heterocycles. The third-order valence-corrected chi connectivity index (χ3v) is 6.25. The van der Waals surface area contributed by atoms with E-state index in [1.165, 1.54) is 24.1 Å². The maximum atomic E-state index is 12.7. The van der Waals surface area contributed by atoms with Crippen LogP contribution in [0.5, 0.6) is 5.75 Å². The molecule has 0 atom stereocenters. The Morgan fingerprint density at radius 3 is 2.44 bits per heavy atom. The Morgan fingerprint density at radius 2 is 1.72 bits per heavy atom. The lowest BCUT2D eigenvalue weighted by Gasteiger charge is -2.31. The number of alkyl halides is 3. The van der Waals surface area contributed by atoms with Gasteiger partial charge in [0.2, 0.25) is 5.95 Å². The third-order valence-electron chi connectivity index (χ3n) is 5.10. The average Bonchev–Trinajstić information content (AvgIpc) is 2.75. The highest BCUT2D eigenvalue weighted by Crippen LogP contribution is 2.36. The van der Waals surface area contributed by atoms with Crippen molar-refractivity contribution in [2.75, 3.05) is 37.4 Å². The van der Waals surface area contributed by atoms with Gasteiger partial charge in [0.15, 0.2) is 0 Å². The Kier molecular flexibility index (Phi) is 6.61. The zero-order chi connectivity index (χ0) is 22.7. The molecule has 0 amide bonds. The standard InChI is InChI=1S/C22H24F3N5OS/c1-29(2)20-16-7-3-4-8-17(16)27-21(28-20)26-15-11-13-30(14-12-15)32-19-10-6-5-9-18(19)31-22(23,24)25/h3-10,15H,11-14H2,1-2H3,(H,26,27,28). The number of hydrogen-bond acceptors (Lipinski definition) is 7. The number of nitrogens with zero attached hydrogens (tertiary/aromatic N) is 4. The lowest BCUT2D eigenvalue weighted by atomic mass is 10.1. The molecule has 0 radical (unpaired) electrons. The van der Waals surface area contributed by atoms with Gasteiger partial charge in [0.1, 0.15) is 11.6 Å². The monoisotopic (exact) mass is 463 g/mol. The summed E-state index contributed by atoms with van der Waals surface area (Å²) >= 11 is 1.29. The Labute approximate surface area is 188 Å². The maximum Gasteiger partial charge on any atom is 0.573 e. The van der Waals surface area contributed by atoms with Crippen LogP contribution in [0.2, 0.25) is 0 Å². The first-order valence-corrected chi connectivity index (χ1v) is 11.0. The van der Waals surface area contributed by atoms with Crippen molar-refractivity contribution in [2.45, 2.75) is 30.1 Å². The van der Waals surface area contributed by atoms with Gasteiger partial charge in [-0.05, 0) is 49.1 Å². The van der Waals surface area contributed by atoms with Crippen LogP contribution in [0, 0.1) is 0 Å². The van der Waals surface area contributed by atoms with Gasteiger partial charge in [-0.25, -0.2) is 9.29 Å². The fraction of sp³-hybridized carbons (Fsp3) is 0.364. The van der Waals surface area contributed by atoms with Crippen molar-refractivity contribution in [3.05, 3.63) is 48.5 Å². The Hall–Kier alpha value is -2.72. The molecular formula is C22H24F3N5OS. The van der Waals surface area contributed by atoms with Crippen LogP contribution in [0.4, 0.5) is 24.9 Å². The number of aromatic nitrogens is 2. The molecule has 0 aliphatic carbocycles. The number of rotatable bonds is 6. The number of ether oxygens (including phenoxy) is 1. The van der Waals surface area contributed by atoms with Crippen LogP contribution in [0.15, 0.2) is 53.4 Å². The minimum atomic E-state index is -4.71. The maximum absolute atomic E-state index is 12.7. The summed E-state index contributed by atoms with van der Waals surface area (Å²) in [5.41, 5.74) is 0.878. The molecule has 10 heteroatoms. The van der Waals surface area contributed by atoms with E-state index >= 15 is 0 Å². The number of benzene rings is 2. The Bertz CT molecular complexity index is 1070. The lowest BCUT2D eigenvalue weighted by Crippen LogP contribution is -2.36. The normalized spacial score (nSPS) is 15.7. The first-order chi connectivity index (χ1) is 15.3. The van der Waals surface area contributed by atoms with Crippen LogP contribution >= 0.6 is 11.9 Å². The predicted octanol–water partition coefficient (Wildman–Crippen LogP) is 5.18. The predicted molar refractivity (Wildman–Crippen MR) is 121 cm³/mol. The molecule has 1 N–H and O–H groups in total. The largest absolute Gasteiger partial charge is 0.573 e. The minimum Gasteiger partial charge on any atom is -0.405 e. The molecule has 3 aromatic rings. The molecule has 4 rings (SSSR count). The van der Waals surface area contributed by atoms with Crippen molar-refractivity contribution in [3.63, 3.8) is 0 Å². The molecular weight excluding hydrogens is 439 g/mol. The van der Waals surface area contributed by atoms with Crippen LogP contribution < -0.4 is 15.0 Å². The molecule has 32 heavy (non-hydrogen) atoms. The summed E-state index contributed by atoms with van der Waals surface area (Å²) in [4.78, 5) is 11.8. The molecule has 1 aliphatic heterocycles. The first kappa shape index (κ1) is 22.5. The number of piperidine rings is 1. The number of halogens is 3. The average molecular weight is 464 g/mol. The fourth-order valence-corrected chi connectivity index (χ4v) is 4.62. The third kappa shape index (κ3) is 5.55. The molecule has 170 valence electrons. The van der Waals surface area contributed by atoms with Gasteiger partial charge >= 0.3 is 6.36 Å². The quantitative estimate of drug-likeness (QED) is 0.506. The topological polar surface area (TPSA) is 53.5 Å². The van der Waals surface area contributed by atoms with Crippen LogP contribution in [-0.4, -0.2) is 53.9 Å². The van der Waals surface area contributed by atoms with E-state index in [9.17, 15) is 13.2 Å². The van der Waals surface area contributed by atoms with Gasteiger partial charge in [0.05, 0.1) is 10.4 Å². The van der Waals surface area contributed by atoms with Crippen molar-refractivity contribution >= 4 is 34.6 Å². The summed E-state index contributed by atoms with van der Waals surface area (Å²) in [5, 5.41) is 4.43. The van der Waals surface area contributed by atoms with E-state index < -0.39 is 6.36 Å². The number of fused-ring (bicyclic) bond motifs is 1. The SMILES string of the molecule is CN(C)c1nc(NC2CCN(Sc3ccccc3OC(F)(F)F)CC2)nc2ccccc12. The van der Waals surface area contributed by atoms with Crippen molar-refractivity contribution in [3.8, 4) is 5.75 Å². The lowest BCUT2D eigenvalue weighted by molar-refractivity contribution is -0.275. The number of nitrogens with one attached hydrogen (secondary N) is 1. The summed E-state index contributed by atoms with van der Waals surface area (Å²) in [5.74, 6) is 1.26. The van der Waals surface area contributed by atoms with E-state index in [-0.39, 0.29) is 11.8 Å². The molecule has 0 unspecified atom stereocenters. The van der Waals surface area contributed by atoms with Gasteiger partial charge in [-0.3, -0.25) is 0 Å². The molecule has 0 bridgehead atoms. The summed E-state index contributed by atoms with van der Waals surface area (Å²) in [6.45, 7) is 1.44. The second kappa shape index (κ2) is 9.41.